The molecule has 0 saturated carbocycles. The number of benzene rings is 2. The van der Waals surface area contributed by atoms with Crippen molar-refractivity contribution < 1.29 is 19.7 Å². The van der Waals surface area contributed by atoms with Crippen LogP contribution in [0.25, 0.3) is 0 Å². The monoisotopic (exact) mass is 328 g/mol. The maximum absolute atomic E-state index is 9.68. The first kappa shape index (κ1) is 16.5. The molecule has 0 aromatic heterocycles. The molecule has 0 spiro atoms. The van der Waals surface area contributed by atoms with E-state index in [4.69, 9.17) is 9.47 Å². The van der Waals surface area contributed by atoms with Crippen molar-refractivity contribution >= 4 is 0 Å². The van der Waals surface area contributed by atoms with Gasteiger partial charge in [-0.1, -0.05) is 26.0 Å². The summed E-state index contributed by atoms with van der Waals surface area (Å²) >= 11 is 0. The van der Waals surface area contributed by atoms with Gasteiger partial charge in [-0.2, -0.15) is 0 Å². The van der Waals surface area contributed by atoms with Crippen molar-refractivity contribution in [2.45, 2.75) is 32.6 Å². The SMILES string of the molecule is CC(C)CCOc1ccc2c(c1)OCC(c1ccc(O)c(O)c1)C2. The Hall–Kier alpha value is -2.36. The third-order valence-corrected chi connectivity index (χ3v) is 4.38. The maximum Gasteiger partial charge on any atom is 0.157 e. The fourth-order valence-corrected chi connectivity index (χ4v) is 2.86. The number of rotatable bonds is 5. The van der Waals surface area contributed by atoms with Crippen LogP contribution in [0.5, 0.6) is 23.0 Å². The second-order valence-corrected chi connectivity index (χ2v) is 6.76. The van der Waals surface area contributed by atoms with Crippen LogP contribution in [-0.2, 0) is 6.42 Å². The average Bonchev–Trinajstić information content (AvgIpc) is 2.56. The van der Waals surface area contributed by atoms with Gasteiger partial charge in [-0.3, -0.25) is 0 Å². The van der Waals surface area contributed by atoms with E-state index in [9.17, 15) is 10.2 Å². The van der Waals surface area contributed by atoms with Crippen molar-refractivity contribution in [2.75, 3.05) is 13.2 Å². The molecule has 4 heteroatoms. The average molecular weight is 328 g/mol. The number of aromatic hydroxyl groups is 2. The quantitative estimate of drug-likeness (QED) is 0.806. The Bertz CT molecular complexity index is 709. The Kier molecular flexibility index (Phi) is 4.84. The predicted octanol–water partition coefficient (Wildman–Crippen LogP) is 4.24. The van der Waals surface area contributed by atoms with Crippen LogP contribution in [0.15, 0.2) is 36.4 Å². The highest BCUT2D eigenvalue weighted by atomic mass is 16.5. The van der Waals surface area contributed by atoms with E-state index in [0.29, 0.717) is 19.1 Å². The van der Waals surface area contributed by atoms with Crippen LogP contribution in [0.2, 0.25) is 0 Å². The second kappa shape index (κ2) is 7.04. The highest BCUT2D eigenvalue weighted by Crippen LogP contribution is 2.37. The third kappa shape index (κ3) is 3.75. The minimum absolute atomic E-state index is 0.0906. The van der Waals surface area contributed by atoms with Gasteiger partial charge in [0.2, 0.25) is 0 Å². The van der Waals surface area contributed by atoms with Crippen LogP contribution < -0.4 is 9.47 Å². The van der Waals surface area contributed by atoms with Gasteiger partial charge in [-0.25, -0.2) is 0 Å². The Morgan fingerprint density at radius 3 is 2.71 bits per heavy atom. The van der Waals surface area contributed by atoms with Crippen molar-refractivity contribution in [1.29, 1.82) is 0 Å². The number of hydrogen-bond donors (Lipinski definition) is 2. The molecule has 1 atom stereocenters. The van der Waals surface area contributed by atoms with Gasteiger partial charge in [0, 0.05) is 12.0 Å². The summed E-state index contributed by atoms with van der Waals surface area (Å²) in [5.74, 6) is 2.32. The molecule has 128 valence electrons. The van der Waals surface area contributed by atoms with Gasteiger partial charge in [0.25, 0.3) is 0 Å². The molecule has 3 rings (SSSR count). The van der Waals surface area contributed by atoms with Crippen molar-refractivity contribution in [3.8, 4) is 23.0 Å². The lowest BCUT2D eigenvalue weighted by Gasteiger charge is -2.26. The van der Waals surface area contributed by atoms with Gasteiger partial charge < -0.3 is 19.7 Å². The topological polar surface area (TPSA) is 58.9 Å². The normalized spacial score (nSPS) is 16.5. The standard InChI is InChI=1S/C20H24O4/c1-13(2)7-8-23-17-5-3-15-9-16(12-24-20(15)11-17)14-4-6-18(21)19(22)10-14/h3-6,10-11,13,16,21-22H,7-9,12H2,1-2H3. The molecule has 0 aliphatic carbocycles. The van der Waals surface area contributed by atoms with E-state index in [-0.39, 0.29) is 17.4 Å². The first-order valence-corrected chi connectivity index (χ1v) is 8.43. The predicted molar refractivity (Wildman–Crippen MR) is 93.1 cm³/mol. The molecule has 0 bridgehead atoms. The Morgan fingerprint density at radius 1 is 1.12 bits per heavy atom. The summed E-state index contributed by atoms with van der Waals surface area (Å²) in [4.78, 5) is 0. The van der Waals surface area contributed by atoms with E-state index >= 15 is 0 Å². The van der Waals surface area contributed by atoms with Crippen molar-refractivity contribution in [3.05, 3.63) is 47.5 Å². The summed E-state index contributed by atoms with van der Waals surface area (Å²) in [6, 6.07) is 11.0. The Morgan fingerprint density at radius 2 is 1.96 bits per heavy atom. The highest BCUT2D eigenvalue weighted by molar-refractivity contribution is 5.46. The smallest absolute Gasteiger partial charge is 0.157 e. The number of phenols is 2. The summed E-state index contributed by atoms with van der Waals surface area (Å²) in [5, 5.41) is 19.1. The Labute approximate surface area is 142 Å². The van der Waals surface area contributed by atoms with Crippen molar-refractivity contribution in [2.24, 2.45) is 5.92 Å². The van der Waals surface area contributed by atoms with Crippen LogP contribution in [0.4, 0.5) is 0 Å². The molecule has 1 aliphatic heterocycles. The summed E-state index contributed by atoms with van der Waals surface area (Å²) in [6.07, 6.45) is 1.87. The first-order chi connectivity index (χ1) is 11.5. The van der Waals surface area contributed by atoms with Gasteiger partial charge in [0.1, 0.15) is 11.5 Å². The number of ether oxygens (including phenoxy) is 2. The van der Waals surface area contributed by atoms with Crippen LogP contribution in [0.1, 0.15) is 37.3 Å². The molecule has 2 N–H and O–H groups in total. The number of phenolic OH excluding ortho intramolecular Hbond substituents is 2. The molecular formula is C20H24O4. The summed E-state index contributed by atoms with van der Waals surface area (Å²) < 4.78 is 11.7. The lowest BCUT2D eigenvalue weighted by molar-refractivity contribution is 0.256. The zero-order valence-corrected chi connectivity index (χ0v) is 14.2. The van der Waals surface area contributed by atoms with E-state index < -0.39 is 0 Å². The second-order valence-electron chi connectivity index (χ2n) is 6.76. The summed E-state index contributed by atoms with van der Waals surface area (Å²) in [5.41, 5.74) is 2.10. The maximum atomic E-state index is 9.68. The van der Waals surface area contributed by atoms with Gasteiger partial charge in [-0.05, 0) is 48.1 Å². The van der Waals surface area contributed by atoms with Gasteiger partial charge in [0.15, 0.2) is 11.5 Å². The molecule has 4 nitrogen and oxygen atoms in total. The van der Waals surface area contributed by atoms with Crippen LogP contribution in [0, 0.1) is 5.92 Å². The number of fused-ring (bicyclic) bond motifs is 1. The zero-order chi connectivity index (χ0) is 17.1. The van der Waals surface area contributed by atoms with E-state index in [0.717, 1.165) is 35.5 Å². The fraction of sp³-hybridized carbons (Fsp3) is 0.400. The van der Waals surface area contributed by atoms with Crippen LogP contribution in [0.3, 0.4) is 0 Å². The van der Waals surface area contributed by atoms with Gasteiger partial charge in [0.05, 0.1) is 13.2 Å². The molecule has 24 heavy (non-hydrogen) atoms. The van der Waals surface area contributed by atoms with E-state index in [1.54, 1.807) is 6.07 Å². The molecular weight excluding hydrogens is 304 g/mol. The lowest BCUT2D eigenvalue weighted by Crippen LogP contribution is -2.19. The molecule has 0 radical (unpaired) electrons. The molecule has 1 heterocycles. The molecule has 0 saturated heterocycles. The largest absolute Gasteiger partial charge is 0.504 e. The lowest BCUT2D eigenvalue weighted by atomic mass is 9.90. The van der Waals surface area contributed by atoms with Crippen molar-refractivity contribution in [3.63, 3.8) is 0 Å². The number of hydrogen-bond acceptors (Lipinski definition) is 4. The van der Waals surface area contributed by atoms with Crippen molar-refractivity contribution in [1.82, 2.24) is 0 Å². The van der Waals surface area contributed by atoms with Crippen LogP contribution >= 0.6 is 0 Å². The third-order valence-electron chi connectivity index (χ3n) is 4.38. The van der Waals surface area contributed by atoms with Crippen LogP contribution in [-0.4, -0.2) is 23.4 Å². The molecule has 2 aromatic carbocycles. The van der Waals surface area contributed by atoms with E-state index in [1.165, 1.54) is 6.07 Å². The van der Waals surface area contributed by atoms with Gasteiger partial charge >= 0.3 is 0 Å². The van der Waals surface area contributed by atoms with E-state index in [2.05, 4.69) is 13.8 Å². The minimum atomic E-state index is -0.0981. The fourth-order valence-electron chi connectivity index (χ4n) is 2.86. The summed E-state index contributed by atoms with van der Waals surface area (Å²) in [7, 11) is 0. The molecule has 0 fully saturated rings. The molecule has 2 aromatic rings. The van der Waals surface area contributed by atoms with E-state index in [1.807, 2.05) is 24.3 Å². The zero-order valence-electron chi connectivity index (χ0n) is 14.2. The molecule has 1 aliphatic rings. The van der Waals surface area contributed by atoms with Gasteiger partial charge in [-0.15, -0.1) is 0 Å². The molecule has 1 unspecified atom stereocenters. The molecule has 0 amide bonds. The summed E-state index contributed by atoms with van der Waals surface area (Å²) in [6.45, 7) is 5.62. The first-order valence-electron chi connectivity index (χ1n) is 8.43. The highest BCUT2D eigenvalue weighted by Gasteiger charge is 2.22. The minimum Gasteiger partial charge on any atom is -0.504 e. The Balaban J connectivity index is 1.68.